The Morgan fingerprint density at radius 2 is 1.92 bits per heavy atom. The Balaban J connectivity index is 1.85. The molecule has 122 valence electrons. The van der Waals surface area contributed by atoms with Gasteiger partial charge in [0.25, 0.3) is 10.0 Å². The lowest BCUT2D eigenvalue weighted by Gasteiger charge is -2.10. The molecule has 0 N–H and O–H groups in total. The SMILES string of the molecule is Cn1c(=O)c2c(n(C)c1=O)=NC(Cl)(Sc1nc3ccccc3s1)N=2. The van der Waals surface area contributed by atoms with Gasteiger partial charge in [-0.05, 0) is 23.9 Å². The molecule has 0 saturated heterocycles. The van der Waals surface area contributed by atoms with Crippen molar-refractivity contribution in [2.45, 2.75) is 8.79 Å². The summed E-state index contributed by atoms with van der Waals surface area (Å²) in [5, 5.41) is 0.0863. The van der Waals surface area contributed by atoms with Crippen molar-refractivity contribution >= 4 is 44.9 Å². The zero-order valence-electron chi connectivity index (χ0n) is 12.6. The Kier molecular flexibility index (Phi) is 3.41. The third-order valence-corrected chi connectivity index (χ3v) is 6.04. The maximum absolute atomic E-state index is 12.2. The van der Waals surface area contributed by atoms with Crippen molar-refractivity contribution in [2.24, 2.45) is 24.1 Å². The van der Waals surface area contributed by atoms with E-state index in [-0.39, 0.29) is 10.8 Å². The highest BCUT2D eigenvalue weighted by Gasteiger charge is 2.33. The molecule has 4 rings (SSSR count). The van der Waals surface area contributed by atoms with Gasteiger partial charge in [-0.1, -0.05) is 23.7 Å². The molecule has 0 fully saturated rings. The van der Waals surface area contributed by atoms with Crippen LogP contribution < -0.4 is 22.1 Å². The second kappa shape index (κ2) is 5.27. The van der Waals surface area contributed by atoms with Gasteiger partial charge in [0.2, 0.25) is 0 Å². The lowest BCUT2D eigenvalue weighted by Crippen LogP contribution is -2.55. The molecule has 0 radical (unpaired) electrons. The number of hydrogen-bond acceptors (Lipinski definition) is 7. The average Bonchev–Trinajstić information content (AvgIpc) is 3.11. The first-order valence-electron chi connectivity index (χ1n) is 6.87. The molecule has 1 atom stereocenters. The Morgan fingerprint density at radius 1 is 1.17 bits per heavy atom. The van der Waals surface area contributed by atoms with E-state index in [1.54, 1.807) is 0 Å². The molecule has 3 aromatic rings. The summed E-state index contributed by atoms with van der Waals surface area (Å²) in [5.74, 6) is 0. The number of hydrogen-bond donors (Lipinski definition) is 0. The minimum absolute atomic E-state index is 0.0863. The number of benzene rings is 1. The molecule has 0 spiro atoms. The van der Waals surface area contributed by atoms with E-state index in [2.05, 4.69) is 15.0 Å². The van der Waals surface area contributed by atoms with E-state index in [4.69, 9.17) is 11.6 Å². The fourth-order valence-corrected chi connectivity index (χ4v) is 5.02. The monoisotopic (exact) mass is 379 g/mol. The van der Waals surface area contributed by atoms with E-state index >= 15 is 0 Å². The molecular formula is C14H10ClN5O2S2. The second-order valence-electron chi connectivity index (χ2n) is 5.18. The van der Waals surface area contributed by atoms with Crippen LogP contribution in [-0.2, 0) is 14.1 Å². The van der Waals surface area contributed by atoms with E-state index in [0.29, 0.717) is 4.34 Å². The van der Waals surface area contributed by atoms with Gasteiger partial charge in [0.05, 0.1) is 10.2 Å². The molecule has 0 saturated carbocycles. The maximum Gasteiger partial charge on any atom is 0.332 e. The predicted octanol–water partition coefficient (Wildman–Crippen LogP) is 0.589. The van der Waals surface area contributed by atoms with Crippen molar-refractivity contribution < 1.29 is 0 Å². The number of rotatable bonds is 2. The molecule has 7 nitrogen and oxygen atoms in total. The van der Waals surface area contributed by atoms with Crippen LogP contribution >= 0.6 is 34.7 Å². The van der Waals surface area contributed by atoms with Gasteiger partial charge in [-0.25, -0.2) is 19.8 Å². The van der Waals surface area contributed by atoms with Crippen LogP contribution in [0.5, 0.6) is 0 Å². The smallest absolute Gasteiger partial charge is 0.279 e. The molecule has 0 amide bonds. The summed E-state index contributed by atoms with van der Waals surface area (Å²) in [6.45, 7) is 0. The van der Waals surface area contributed by atoms with Crippen molar-refractivity contribution in [3.05, 3.63) is 55.9 Å². The number of alkyl halides is 1. The molecule has 1 unspecified atom stereocenters. The van der Waals surface area contributed by atoms with Gasteiger partial charge in [0, 0.05) is 14.1 Å². The van der Waals surface area contributed by atoms with Crippen molar-refractivity contribution in [1.82, 2.24) is 14.1 Å². The molecule has 1 aliphatic heterocycles. The van der Waals surface area contributed by atoms with E-state index in [9.17, 15) is 9.59 Å². The van der Waals surface area contributed by atoms with Gasteiger partial charge in [0.15, 0.2) is 15.2 Å². The molecule has 24 heavy (non-hydrogen) atoms. The average molecular weight is 380 g/mol. The number of thiazole rings is 1. The van der Waals surface area contributed by atoms with Crippen molar-refractivity contribution in [3.8, 4) is 0 Å². The maximum atomic E-state index is 12.2. The fraction of sp³-hybridized carbons (Fsp3) is 0.214. The van der Waals surface area contributed by atoms with Crippen LogP contribution in [0.1, 0.15) is 0 Å². The molecule has 1 aromatic carbocycles. The number of para-hydroxylation sites is 1. The van der Waals surface area contributed by atoms with Crippen molar-refractivity contribution in [2.75, 3.05) is 0 Å². The quantitative estimate of drug-likeness (QED) is 0.482. The van der Waals surface area contributed by atoms with Gasteiger partial charge in [-0.2, -0.15) is 0 Å². The van der Waals surface area contributed by atoms with Gasteiger partial charge < -0.3 is 0 Å². The zero-order chi connectivity index (χ0) is 17.1. The standard InChI is InChI=1S/C14H10ClN5O2S2/c1-19-10-9(11(21)20(2)13(19)22)17-14(15,18-10)24-12-16-7-5-3-4-6-8(7)23-12/h3-6H,1-2H3. The molecule has 10 heteroatoms. The molecule has 2 aromatic heterocycles. The van der Waals surface area contributed by atoms with E-state index < -0.39 is 15.7 Å². The predicted molar refractivity (Wildman–Crippen MR) is 93.3 cm³/mol. The number of aromatic nitrogens is 3. The first-order valence-corrected chi connectivity index (χ1v) is 8.88. The van der Waals surface area contributed by atoms with Crippen LogP contribution in [0.25, 0.3) is 10.2 Å². The summed E-state index contributed by atoms with van der Waals surface area (Å²) in [6.07, 6.45) is 0. The van der Waals surface area contributed by atoms with Crippen LogP contribution in [0, 0.1) is 0 Å². The van der Waals surface area contributed by atoms with Gasteiger partial charge >= 0.3 is 5.69 Å². The van der Waals surface area contributed by atoms with Crippen LogP contribution in [0.2, 0.25) is 0 Å². The highest BCUT2D eigenvalue weighted by atomic mass is 35.5. The number of nitrogens with zero attached hydrogens (tertiary/aromatic N) is 5. The third kappa shape index (κ3) is 2.31. The summed E-state index contributed by atoms with van der Waals surface area (Å²) in [4.78, 5) is 37.3. The second-order valence-corrected chi connectivity index (χ2v) is 8.38. The van der Waals surface area contributed by atoms with Crippen LogP contribution in [0.4, 0.5) is 0 Å². The van der Waals surface area contributed by atoms with E-state index in [1.807, 2.05) is 24.3 Å². The van der Waals surface area contributed by atoms with Gasteiger partial charge in [-0.3, -0.25) is 13.9 Å². The van der Waals surface area contributed by atoms with Gasteiger partial charge in [-0.15, -0.1) is 11.3 Å². The topological polar surface area (TPSA) is 81.6 Å². The summed E-state index contributed by atoms with van der Waals surface area (Å²) in [6, 6.07) is 7.72. The van der Waals surface area contributed by atoms with Gasteiger partial charge in [0.1, 0.15) is 0 Å². The molecule has 0 bridgehead atoms. The Morgan fingerprint density at radius 3 is 2.67 bits per heavy atom. The minimum atomic E-state index is -1.44. The van der Waals surface area contributed by atoms with Crippen LogP contribution in [0.3, 0.4) is 0 Å². The minimum Gasteiger partial charge on any atom is -0.279 e. The summed E-state index contributed by atoms with van der Waals surface area (Å²) in [5.41, 5.74) is 0.0729. The molecule has 1 aliphatic rings. The number of halogens is 1. The number of thioether (sulfide) groups is 1. The van der Waals surface area contributed by atoms with E-state index in [0.717, 1.165) is 26.5 Å². The van der Waals surface area contributed by atoms with Crippen LogP contribution in [0.15, 0.2) is 48.2 Å². The largest absolute Gasteiger partial charge is 0.332 e. The lowest BCUT2D eigenvalue weighted by atomic mass is 10.3. The Labute approximate surface area is 148 Å². The number of fused-ring (bicyclic) bond motifs is 2. The fourth-order valence-electron chi connectivity index (χ4n) is 2.39. The summed E-state index contributed by atoms with van der Waals surface area (Å²) in [7, 11) is 2.93. The molecule has 0 aliphatic carbocycles. The van der Waals surface area contributed by atoms with Crippen molar-refractivity contribution in [1.29, 1.82) is 0 Å². The highest BCUT2D eigenvalue weighted by molar-refractivity contribution is 8.03. The first kappa shape index (κ1) is 15.6. The summed E-state index contributed by atoms with van der Waals surface area (Å²) < 4.78 is 2.53. The molecular weight excluding hydrogens is 370 g/mol. The van der Waals surface area contributed by atoms with Crippen LogP contribution in [-0.4, -0.2) is 18.6 Å². The third-order valence-electron chi connectivity index (χ3n) is 3.60. The van der Waals surface area contributed by atoms with E-state index in [1.165, 1.54) is 30.0 Å². The summed E-state index contributed by atoms with van der Waals surface area (Å²) >= 11 is 9.09. The first-order chi connectivity index (χ1) is 11.4. The zero-order valence-corrected chi connectivity index (χ0v) is 14.9. The Hall–Kier alpha value is -1.97. The normalized spacial score (nSPS) is 19.1. The molecule has 3 heterocycles. The lowest BCUT2D eigenvalue weighted by molar-refractivity contribution is 0.646. The highest BCUT2D eigenvalue weighted by Crippen LogP contribution is 2.42. The van der Waals surface area contributed by atoms with Crippen molar-refractivity contribution in [3.63, 3.8) is 0 Å². The Bertz CT molecular complexity index is 1200.